The van der Waals surface area contributed by atoms with Crippen LogP contribution in [0.4, 0.5) is 0 Å². The number of carboxylic acids is 1. The highest BCUT2D eigenvalue weighted by atomic mass is 16.4. The second-order valence-electron chi connectivity index (χ2n) is 9.92. The summed E-state index contributed by atoms with van der Waals surface area (Å²) in [6.07, 6.45) is 0.811. The van der Waals surface area contributed by atoms with Gasteiger partial charge < -0.3 is 37.2 Å². The van der Waals surface area contributed by atoms with Crippen molar-refractivity contribution in [1.29, 1.82) is 0 Å². The summed E-state index contributed by atoms with van der Waals surface area (Å²) in [7, 11) is 0. The Balaban J connectivity index is 5.67. The molecule has 0 aliphatic heterocycles. The lowest BCUT2D eigenvalue weighted by Crippen LogP contribution is -2.58. The number of carbonyl (C=O) groups is 5. The molecule has 202 valence electrons. The van der Waals surface area contributed by atoms with Gasteiger partial charge in [-0.2, -0.15) is 0 Å². The Hall–Kier alpha value is -2.73. The van der Waals surface area contributed by atoms with Crippen LogP contribution in [0.5, 0.6) is 0 Å². The van der Waals surface area contributed by atoms with Crippen LogP contribution >= 0.6 is 0 Å². The zero-order chi connectivity index (χ0) is 27.3. The van der Waals surface area contributed by atoms with Crippen LogP contribution in [0.25, 0.3) is 0 Å². The van der Waals surface area contributed by atoms with Crippen LogP contribution < -0.4 is 27.0 Å². The van der Waals surface area contributed by atoms with E-state index in [0.29, 0.717) is 6.42 Å². The Labute approximate surface area is 207 Å². The smallest absolute Gasteiger partial charge is 0.328 e. The minimum Gasteiger partial charge on any atom is -0.480 e. The fraction of sp³-hybridized carbons (Fsp3) is 0.783. The number of nitrogens with two attached hydrogens (primary N) is 1. The van der Waals surface area contributed by atoms with Crippen molar-refractivity contribution >= 4 is 29.6 Å². The van der Waals surface area contributed by atoms with Gasteiger partial charge in [-0.05, 0) is 37.0 Å². The van der Waals surface area contributed by atoms with Gasteiger partial charge in [0.25, 0.3) is 0 Å². The highest BCUT2D eigenvalue weighted by Gasteiger charge is 2.32. The predicted molar refractivity (Wildman–Crippen MR) is 130 cm³/mol. The minimum atomic E-state index is -1.51. The van der Waals surface area contributed by atoms with E-state index in [-0.39, 0.29) is 37.1 Å². The van der Waals surface area contributed by atoms with Gasteiger partial charge in [-0.3, -0.25) is 19.2 Å². The molecule has 8 N–H and O–H groups in total. The molecule has 0 aliphatic rings. The summed E-state index contributed by atoms with van der Waals surface area (Å²) in [5, 5.41) is 28.4. The van der Waals surface area contributed by atoms with Crippen molar-refractivity contribution in [2.24, 2.45) is 23.5 Å². The van der Waals surface area contributed by atoms with Gasteiger partial charge >= 0.3 is 5.97 Å². The SMILES string of the molecule is CC(C)C[C@H](NC(=O)CN)C(=O)N[C@@H](CC(C)C)C(=O)N[C@@H](CC(C)C)C(=O)N[C@@H](CO)C(=O)O. The quantitative estimate of drug-likeness (QED) is 0.141. The zero-order valence-electron chi connectivity index (χ0n) is 21.6. The van der Waals surface area contributed by atoms with Gasteiger partial charge in [0.05, 0.1) is 13.2 Å². The van der Waals surface area contributed by atoms with Crippen molar-refractivity contribution in [3.05, 3.63) is 0 Å². The highest BCUT2D eigenvalue weighted by Crippen LogP contribution is 2.11. The molecule has 0 fully saturated rings. The third-order valence-corrected chi connectivity index (χ3v) is 5.02. The van der Waals surface area contributed by atoms with Gasteiger partial charge in [0.1, 0.15) is 24.2 Å². The average molecular weight is 502 g/mol. The second-order valence-corrected chi connectivity index (χ2v) is 9.92. The van der Waals surface area contributed by atoms with Crippen LogP contribution in [0.15, 0.2) is 0 Å². The second kappa shape index (κ2) is 16.0. The van der Waals surface area contributed by atoms with Gasteiger partial charge in [-0.1, -0.05) is 41.5 Å². The maximum Gasteiger partial charge on any atom is 0.328 e. The van der Waals surface area contributed by atoms with Crippen molar-refractivity contribution in [2.45, 2.75) is 85.0 Å². The number of aliphatic hydroxyl groups is 1. The maximum atomic E-state index is 13.1. The van der Waals surface area contributed by atoms with Crippen molar-refractivity contribution in [1.82, 2.24) is 21.3 Å². The van der Waals surface area contributed by atoms with Crippen LogP contribution in [0.3, 0.4) is 0 Å². The Kier molecular flexibility index (Phi) is 14.8. The first kappa shape index (κ1) is 32.3. The molecule has 0 bridgehead atoms. The number of carboxylic acid groups (broad SMARTS) is 1. The van der Waals surface area contributed by atoms with Gasteiger partial charge in [0.2, 0.25) is 23.6 Å². The summed E-state index contributed by atoms with van der Waals surface area (Å²) in [4.78, 5) is 61.8. The Morgan fingerprint density at radius 2 is 0.943 bits per heavy atom. The molecular formula is C23H43N5O7. The number of carbonyl (C=O) groups excluding carboxylic acids is 4. The number of aliphatic hydroxyl groups excluding tert-OH is 1. The van der Waals surface area contributed by atoms with Gasteiger partial charge in [-0.25, -0.2) is 4.79 Å². The summed E-state index contributed by atoms with van der Waals surface area (Å²) in [6, 6.07) is -4.47. The predicted octanol–water partition coefficient (Wildman–Crippen LogP) is -0.900. The van der Waals surface area contributed by atoms with E-state index in [4.69, 9.17) is 10.8 Å². The van der Waals surface area contributed by atoms with Gasteiger partial charge in [0, 0.05) is 0 Å². The molecule has 12 heteroatoms. The number of nitrogens with one attached hydrogen (secondary N) is 4. The molecule has 0 rings (SSSR count). The molecule has 0 radical (unpaired) electrons. The molecule has 0 saturated heterocycles. The minimum absolute atomic E-state index is 0.0105. The van der Waals surface area contributed by atoms with E-state index in [2.05, 4.69) is 21.3 Å². The zero-order valence-corrected chi connectivity index (χ0v) is 21.6. The third-order valence-electron chi connectivity index (χ3n) is 5.02. The topological polar surface area (TPSA) is 200 Å². The molecule has 0 aliphatic carbocycles. The Morgan fingerprint density at radius 1 is 0.629 bits per heavy atom. The molecule has 0 aromatic carbocycles. The van der Waals surface area contributed by atoms with Gasteiger partial charge in [-0.15, -0.1) is 0 Å². The molecule has 35 heavy (non-hydrogen) atoms. The normalized spacial score (nSPS) is 14.7. The fourth-order valence-electron chi connectivity index (χ4n) is 3.36. The number of hydrogen-bond donors (Lipinski definition) is 7. The first-order chi connectivity index (χ1) is 16.2. The summed E-state index contributed by atoms with van der Waals surface area (Å²) in [6.45, 7) is 10.1. The van der Waals surface area contributed by atoms with Crippen LogP contribution in [0, 0.1) is 17.8 Å². The standard InChI is InChI=1S/C23H43N5O7/c1-12(2)7-15(25-19(30)10-24)20(31)26-16(8-13(3)4)21(32)27-17(9-14(5)6)22(33)28-18(11-29)23(34)35/h12-18,29H,7-11,24H2,1-6H3,(H,25,30)(H,26,31)(H,27,32)(H,28,33)(H,34,35)/t15-,16-,17-,18-/m0/s1. The Bertz CT molecular complexity index is 727. The molecule has 0 spiro atoms. The van der Waals surface area contributed by atoms with Crippen molar-refractivity contribution < 1.29 is 34.2 Å². The van der Waals surface area contributed by atoms with E-state index in [9.17, 15) is 29.1 Å². The first-order valence-electron chi connectivity index (χ1n) is 12.0. The monoisotopic (exact) mass is 501 g/mol. The third kappa shape index (κ3) is 13.1. The first-order valence-corrected chi connectivity index (χ1v) is 12.0. The lowest BCUT2D eigenvalue weighted by molar-refractivity contribution is -0.143. The number of rotatable bonds is 16. The van der Waals surface area contributed by atoms with E-state index in [1.165, 1.54) is 0 Å². The molecular weight excluding hydrogens is 458 g/mol. The molecule has 4 atom stereocenters. The van der Waals surface area contributed by atoms with Crippen LogP contribution in [0.1, 0.15) is 60.8 Å². The van der Waals surface area contributed by atoms with E-state index < -0.39 is 60.4 Å². The molecule has 0 aromatic heterocycles. The van der Waals surface area contributed by atoms with Gasteiger partial charge in [0.15, 0.2) is 0 Å². The summed E-state index contributed by atoms with van der Waals surface area (Å²) in [5.74, 6) is -3.75. The average Bonchev–Trinajstić information content (AvgIpc) is 2.74. The van der Waals surface area contributed by atoms with E-state index in [0.717, 1.165) is 0 Å². The van der Waals surface area contributed by atoms with Crippen molar-refractivity contribution in [3.63, 3.8) is 0 Å². The lowest BCUT2D eigenvalue weighted by Gasteiger charge is -2.27. The molecule has 4 amide bonds. The molecule has 0 heterocycles. The fourth-order valence-corrected chi connectivity index (χ4v) is 3.36. The summed E-state index contributed by atoms with van der Waals surface area (Å²) < 4.78 is 0. The van der Waals surface area contributed by atoms with E-state index in [1.54, 1.807) is 0 Å². The van der Waals surface area contributed by atoms with Crippen LogP contribution in [-0.4, -0.2) is 77.1 Å². The number of amides is 4. The molecule has 0 unspecified atom stereocenters. The number of aliphatic carboxylic acids is 1. The summed E-state index contributed by atoms with van der Waals surface area (Å²) in [5.41, 5.74) is 5.35. The Morgan fingerprint density at radius 3 is 1.20 bits per heavy atom. The van der Waals surface area contributed by atoms with Crippen molar-refractivity contribution in [3.8, 4) is 0 Å². The maximum absolute atomic E-state index is 13.1. The van der Waals surface area contributed by atoms with Crippen molar-refractivity contribution in [2.75, 3.05) is 13.2 Å². The van der Waals surface area contributed by atoms with Crippen LogP contribution in [0.2, 0.25) is 0 Å². The lowest BCUT2D eigenvalue weighted by atomic mass is 9.98. The summed E-state index contributed by atoms with van der Waals surface area (Å²) >= 11 is 0. The van der Waals surface area contributed by atoms with Crippen LogP contribution in [-0.2, 0) is 24.0 Å². The molecule has 12 nitrogen and oxygen atoms in total. The van der Waals surface area contributed by atoms with E-state index in [1.807, 2.05) is 41.5 Å². The van der Waals surface area contributed by atoms with E-state index >= 15 is 0 Å². The largest absolute Gasteiger partial charge is 0.480 e. The number of hydrogen-bond acceptors (Lipinski definition) is 7. The molecule has 0 aromatic rings. The highest BCUT2D eigenvalue weighted by molar-refractivity contribution is 5.95. The molecule has 0 saturated carbocycles.